The summed E-state index contributed by atoms with van der Waals surface area (Å²) >= 11 is -1.63. The fraction of sp³-hybridized carbons (Fsp3) is 1.00. The fourth-order valence-electron chi connectivity index (χ4n) is 0.691. The summed E-state index contributed by atoms with van der Waals surface area (Å²) in [5.74, 6) is 0.366. The summed E-state index contributed by atoms with van der Waals surface area (Å²) < 4.78 is 18.4. The molecule has 3 nitrogen and oxygen atoms in total. The predicted molar refractivity (Wildman–Crippen MR) is 41.2 cm³/mol. The first-order valence-corrected chi connectivity index (χ1v) is 4.73. The van der Waals surface area contributed by atoms with E-state index in [-0.39, 0.29) is 6.61 Å². The topological polar surface area (TPSA) is 57.5 Å². The lowest BCUT2D eigenvalue weighted by Gasteiger charge is -1.95. The molecule has 62 valence electrons. The second-order valence-electron chi connectivity index (χ2n) is 2.16. The molecule has 0 bridgehead atoms. The molecule has 0 rings (SSSR count). The smallest absolute Gasteiger partial charge is 0.152 e. The maximum Gasteiger partial charge on any atom is 0.152 e. The van der Waals surface area contributed by atoms with Gasteiger partial charge in [-0.1, -0.05) is 12.8 Å². The van der Waals surface area contributed by atoms with Crippen molar-refractivity contribution in [3.05, 3.63) is 0 Å². The Morgan fingerprint density at radius 2 is 1.70 bits per heavy atom. The van der Waals surface area contributed by atoms with Crippen LogP contribution in [0.3, 0.4) is 0 Å². The van der Waals surface area contributed by atoms with Gasteiger partial charge in [0.05, 0.1) is 0 Å². The van der Waals surface area contributed by atoms with Crippen molar-refractivity contribution in [3.8, 4) is 0 Å². The van der Waals surface area contributed by atoms with Gasteiger partial charge in [-0.25, -0.2) is 4.21 Å². The van der Waals surface area contributed by atoms with E-state index in [9.17, 15) is 4.21 Å². The largest absolute Gasteiger partial charge is 0.396 e. The van der Waals surface area contributed by atoms with Crippen LogP contribution >= 0.6 is 0 Å². The van der Waals surface area contributed by atoms with Gasteiger partial charge in [0.1, 0.15) is 0 Å². The van der Waals surface area contributed by atoms with E-state index in [1.54, 1.807) is 0 Å². The van der Waals surface area contributed by atoms with E-state index >= 15 is 0 Å². The van der Waals surface area contributed by atoms with Gasteiger partial charge in [-0.2, -0.15) is 0 Å². The Kier molecular flexibility index (Phi) is 7.23. The molecule has 2 N–H and O–H groups in total. The van der Waals surface area contributed by atoms with Crippen molar-refractivity contribution in [2.24, 2.45) is 0 Å². The molecule has 0 fully saturated rings. The molecule has 0 amide bonds. The lowest BCUT2D eigenvalue weighted by atomic mass is 10.2. The highest BCUT2D eigenvalue weighted by Crippen LogP contribution is 1.99. The molecule has 0 aliphatic carbocycles. The summed E-state index contributed by atoms with van der Waals surface area (Å²) in [5.41, 5.74) is 0. The summed E-state index contributed by atoms with van der Waals surface area (Å²) in [4.78, 5) is 0. The van der Waals surface area contributed by atoms with Crippen molar-refractivity contribution in [3.63, 3.8) is 0 Å². The number of aliphatic hydroxyl groups excluding tert-OH is 1. The quantitative estimate of drug-likeness (QED) is 0.452. The first kappa shape index (κ1) is 10.1. The number of hydrogen-bond donors (Lipinski definition) is 2. The van der Waals surface area contributed by atoms with E-state index in [0.29, 0.717) is 5.75 Å². The number of rotatable bonds is 6. The van der Waals surface area contributed by atoms with Gasteiger partial charge in [-0.3, -0.25) is 0 Å². The van der Waals surface area contributed by atoms with E-state index < -0.39 is 11.1 Å². The Morgan fingerprint density at radius 1 is 1.10 bits per heavy atom. The van der Waals surface area contributed by atoms with E-state index in [1.165, 1.54) is 0 Å². The Labute approximate surface area is 63.7 Å². The molecule has 4 heteroatoms. The zero-order valence-electron chi connectivity index (χ0n) is 5.95. The van der Waals surface area contributed by atoms with Gasteiger partial charge < -0.3 is 9.66 Å². The van der Waals surface area contributed by atoms with Crippen LogP contribution in [0.15, 0.2) is 0 Å². The first-order valence-electron chi connectivity index (χ1n) is 3.45. The molecule has 0 aromatic heterocycles. The van der Waals surface area contributed by atoms with E-state index in [4.69, 9.17) is 9.66 Å². The van der Waals surface area contributed by atoms with Crippen molar-refractivity contribution in [1.82, 2.24) is 0 Å². The van der Waals surface area contributed by atoms with Crippen molar-refractivity contribution in [1.29, 1.82) is 0 Å². The standard InChI is InChI=1S/C6H14O3S/c7-5-3-1-2-4-6-10(8)9/h7H,1-6H2,(H,8,9). The highest BCUT2D eigenvalue weighted by atomic mass is 32.2. The summed E-state index contributed by atoms with van der Waals surface area (Å²) in [7, 11) is 0. The lowest BCUT2D eigenvalue weighted by Crippen LogP contribution is -1.94. The van der Waals surface area contributed by atoms with Gasteiger partial charge in [-0.15, -0.1) is 0 Å². The molecule has 0 radical (unpaired) electrons. The van der Waals surface area contributed by atoms with E-state index in [2.05, 4.69) is 0 Å². The van der Waals surface area contributed by atoms with Crippen molar-refractivity contribution in [2.45, 2.75) is 25.7 Å². The monoisotopic (exact) mass is 166 g/mol. The third-order valence-corrected chi connectivity index (χ3v) is 1.86. The zero-order valence-corrected chi connectivity index (χ0v) is 6.77. The molecule has 0 saturated carbocycles. The molecular formula is C6H14O3S. The molecule has 0 saturated heterocycles. The SMILES string of the molecule is O=S(O)CCCCCCO. The zero-order chi connectivity index (χ0) is 7.82. The van der Waals surface area contributed by atoms with Gasteiger partial charge in [0.25, 0.3) is 0 Å². The van der Waals surface area contributed by atoms with Crippen molar-refractivity contribution < 1.29 is 13.9 Å². The van der Waals surface area contributed by atoms with Crippen LogP contribution < -0.4 is 0 Å². The molecule has 0 aromatic carbocycles. The molecule has 10 heavy (non-hydrogen) atoms. The molecule has 0 aliphatic rings. The summed E-state index contributed by atoms with van der Waals surface area (Å²) in [6.07, 6.45) is 3.47. The van der Waals surface area contributed by atoms with Crippen LogP contribution in [0.25, 0.3) is 0 Å². The average molecular weight is 166 g/mol. The van der Waals surface area contributed by atoms with Crippen LogP contribution in [0.5, 0.6) is 0 Å². The molecule has 0 aliphatic heterocycles. The van der Waals surface area contributed by atoms with Gasteiger partial charge >= 0.3 is 0 Å². The summed E-state index contributed by atoms with van der Waals surface area (Å²) in [6, 6.07) is 0. The normalized spacial score (nSPS) is 13.4. The number of unbranched alkanes of at least 4 members (excludes halogenated alkanes) is 3. The first-order chi connectivity index (χ1) is 4.77. The molecule has 0 heterocycles. The molecule has 1 unspecified atom stereocenters. The Bertz CT molecular complexity index is 95.0. The van der Waals surface area contributed by atoms with Crippen LogP contribution in [0.4, 0.5) is 0 Å². The third kappa shape index (κ3) is 8.07. The van der Waals surface area contributed by atoms with E-state index in [1.807, 2.05) is 0 Å². The van der Waals surface area contributed by atoms with Gasteiger partial charge in [-0.05, 0) is 12.8 Å². The Balaban J connectivity index is 2.84. The Hall–Kier alpha value is 0.0700. The minimum Gasteiger partial charge on any atom is -0.396 e. The van der Waals surface area contributed by atoms with Crippen LogP contribution in [0.1, 0.15) is 25.7 Å². The summed E-state index contributed by atoms with van der Waals surface area (Å²) in [6.45, 7) is 0.224. The van der Waals surface area contributed by atoms with Crippen LogP contribution in [0.2, 0.25) is 0 Å². The molecule has 1 atom stereocenters. The molecule has 0 aromatic rings. The molecular weight excluding hydrogens is 152 g/mol. The van der Waals surface area contributed by atoms with Crippen molar-refractivity contribution >= 4 is 11.1 Å². The number of aliphatic hydroxyl groups is 1. The van der Waals surface area contributed by atoms with Crippen molar-refractivity contribution in [2.75, 3.05) is 12.4 Å². The molecule has 0 spiro atoms. The van der Waals surface area contributed by atoms with Gasteiger partial charge in [0.15, 0.2) is 11.1 Å². The maximum atomic E-state index is 10.1. The number of hydrogen-bond acceptors (Lipinski definition) is 2. The Morgan fingerprint density at radius 3 is 2.20 bits per heavy atom. The van der Waals surface area contributed by atoms with E-state index in [0.717, 1.165) is 25.7 Å². The second-order valence-corrected chi connectivity index (χ2v) is 3.21. The second kappa shape index (κ2) is 7.18. The predicted octanol–water partition coefficient (Wildman–Crippen LogP) is 0.761. The highest BCUT2D eigenvalue weighted by molar-refractivity contribution is 7.79. The summed E-state index contributed by atoms with van der Waals surface area (Å²) in [5, 5.41) is 8.37. The maximum absolute atomic E-state index is 10.1. The average Bonchev–Trinajstić information content (AvgIpc) is 1.87. The van der Waals surface area contributed by atoms with Crippen LogP contribution in [-0.2, 0) is 11.1 Å². The third-order valence-electron chi connectivity index (χ3n) is 1.23. The van der Waals surface area contributed by atoms with Gasteiger partial charge in [0.2, 0.25) is 0 Å². The van der Waals surface area contributed by atoms with Crippen LogP contribution in [0, 0.1) is 0 Å². The fourth-order valence-corrected chi connectivity index (χ4v) is 1.14. The minimum absolute atomic E-state index is 0.224. The highest BCUT2D eigenvalue weighted by Gasteiger charge is 1.92. The minimum atomic E-state index is -1.63. The lowest BCUT2D eigenvalue weighted by molar-refractivity contribution is 0.283. The van der Waals surface area contributed by atoms with Crippen LogP contribution in [-0.4, -0.2) is 26.2 Å². The van der Waals surface area contributed by atoms with Gasteiger partial charge in [0, 0.05) is 12.4 Å².